The fourth-order valence-electron chi connectivity index (χ4n) is 3.59. The van der Waals surface area contributed by atoms with E-state index in [1.165, 1.54) is 12.3 Å². The Morgan fingerprint density at radius 1 is 1.25 bits per heavy atom. The number of benzene rings is 1. The number of amidine groups is 1. The Balaban J connectivity index is 1.43. The van der Waals surface area contributed by atoms with E-state index < -0.39 is 22.8 Å². The van der Waals surface area contributed by atoms with Crippen LogP contribution in [-0.2, 0) is 4.74 Å². The van der Waals surface area contributed by atoms with Crippen LogP contribution >= 0.6 is 0 Å². The summed E-state index contributed by atoms with van der Waals surface area (Å²) < 4.78 is 46.9. The minimum absolute atomic E-state index is 0.0322. The molecule has 0 saturated heterocycles. The van der Waals surface area contributed by atoms with Gasteiger partial charge in [0, 0.05) is 41.5 Å². The Labute approximate surface area is 204 Å². The van der Waals surface area contributed by atoms with Crippen molar-refractivity contribution in [2.24, 2.45) is 10.4 Å². The second kappa shape index (κ2) is 9.19. The number of aliphatic hydroxyl groups is 1. The molecule has 3 aromatic heterocycles. The minimum Gasteiger partial charge on any atom is -0.464 e. The summed E-state index contributed by atoms with van der Waals surface area (Å²) in [5.41, 5.74) is 0.518. The van der Waals surface area contributed by atoms with Gasteiger partial charge in [0.05, 0.1) is 24.1 Å². The van der Waals surface area contributed by atoms with Crippen LogP contribution in [0.5, 0.6) is 11.5 Å². The van der Waals surface area contributed by atoms with Crippen LogP contribution in [0.25, 0.3) is 22.5 Å². The maximum atomic E-state index is 15.0. The monoisotopic (exact) mass is 498 g/mol. The van der Waals surface area contributed by atoms with Crippen LogP contribution in [0.4, 0.5) is 14.5 Å². The van der Waals surface area contributed by atoms with Crippen molar-refractivity contribution in [3.8, 4) is 23.0 Å². The van der Waals surface area contributed by atoms with Gasteiger partial charge in [-0.25, -0.2) is 18.8 Å². The van der Waals surface area contributed by atoms with E-state index in [1.54, 1.807) is 6.20 Å². The zero-order valence-corrected chi connectivity index (χ0v) is 19.8. The first-order chi connectivity index (χ1) is 17.3. The van der Waals surface area contributed by atoms with Gasteiger partial charge in [-0.3, -0.25) is 0 Å². The maximum Gasteiger partial charge on any atom is 0.289 e. The highest BCUT2D eigenvalue weighted by atomic mass is 19.1. The number of rotatable bonds is 6. The van der Waals surface area contributed by atoms with Crippen molar-refractivity contribution in [3.05, 3.63) is 48.1 Å². The molecule has 12 heteroatoms. The van der Waals surface area contributed by atoms with Gasteiger partial charge in [-0.1, -0.05) is 20.8 Å². The number of nitrogens with zero attached hydrogens (tertiary/aromatic N) is 4. The lowest BCUT2D eigenvalue weighted by molar-refractivity contribution is 0.0706. The number of anilines is 1. The molecule has 1 aliphatic heterocycles. The zero-order valence-electron chi connectivity index (χ0n) is 19.8. The molecule has 4 heterocycles. The molecule has 36 heavy (non-hydrogen) atoms. The Morgan fingerprint density at radius 3 is 2.67 bits per heavy atom. The number of ether oxygens (including phenoxy) is 2. The van der Waals surface area contributed by atoms with Crippen LogP contribution in [-0.4, -0.2) is 51.1 Å². The predicted molar refractivity (Wildman–Crippen MR) is 127 cm³/mol. The molecule has 4 aromatic rings. The number of H-pyrrole nitrogens is 1. The first-order valence-electron chi connectivity index (χ1n) is 11.3. The summed E-state index contributed by atoms with van der Waals surface area (Å²) in [5, 5.41) is 20.7. The van der Waals surface area contributed by atoms with Crippen molar-refractivity contribution in [1.82, 2.24) is 20.2 Å². The Morgan fingerprint density at radius 2 is 2.03 bits per heavy atom. The molecule has 188 valence electrons. The molecule has 0 amide bonds. The summed E-state index contributed by atoms with van der Waals surface area (Å²) in [7, 11) is 0. The molecule has 1 atom stereocenters. The molecule has 0 saturated carbocycles. The fourth-order valence-corrected chi connectivity index (χ4v) is 3.59. The molecule has 0 radical (unpaired) electrons. The van der Waals surface area contributed by atoms with Crippen molar-refractivity contribution >= 4 is 22.7 Å². The van der Waals surface area contributed by atoms with Gasteiger partial charge in [-0.05, 0) is 6.07 Å². The molecule has 0 aliphatic carbocycles. The number of hydrogen-bond donors (Lipinski definition) is 3. The summed E-state index contributed by atoms with van der Waals surface area (Å²) in [6.07, 6.45) is 3.07. The summed E-state index contributed by atoms with van der Waals surface area (Å²) in [6, 6.07) is 3.76. The van der Waals surface area contributed by atoms with E-state index in [2.05, 4.69) is 30.5 Å². The molecular weight excluding hydrogens is 474 g/mol. The summed E-state index contributed by atoms with van der Waals surface area (Å²) in [4.78, 5) is 11.4. The van der Waals surface area contributed by atoms with Crippen molar-refractivity contribution in [1.29, 1.82) is 0 Å². The molecule has 0 bridgehead atoms. The van der Waals surface area contributed by atoms with Gasteiger partial charge in [-0.2, -0.15) is 0 Å². The van der Waals surface area contributed by atoms with E-state index in [1.807, 2.05) is 20.8 Å². The number of halogens is 2. The second-order valence-electron chi connectivity index (χ2n) is 9.21. The zero-order chi connectivity index (χ0) is 25.4. The van der Waals surface area contributed by atoms with Gasteiger partial charge in [0.25, 0.3) is 6.02 Å². The summed E-state index contributed by atoms with van der Waals surface area (Å²) >= 11 is 0. The van der Waals surface area contributed by atoms with E-state index in [9.17, 15) is 13.9 Å². The van der Waals surface area contributed by atoms with Crippen molar-refractivity contribution in [3.63, 3.8) is 0 Å². The van der Waals surface area contributed by atoms with Crippen LogP contribution in [0, 0.1) is 17.0 Å². The quantitative estimate of drug-likeness (QED) is 0.352. The van der Waals surface area contributed by atoms with Crippen LogP contribution in [0.1, 0.15) is 32.6 Å². The minimum atomic E-state index is -0.934. The number of hydrogen-bond acceptors (Lipinski definition) is 9. The predicted octanol–water partition coefficient (Wildman–Crippen LogP) is 4.60. The lowest BCUT2D eigenvalue weighted by atomic mass is 9.93. The van der Waals surface area contributed by atoms with Gasteiger partial charge < -0.3 is 29.3 Å². The van der Waals surface area contributed by atoms with Crippen LogP contribution in [0.3, 0.4) is 0 Å². The first-order valence-corrected chi connectivity index (χ1v) is 11.3. The number of aromatic amines is 1. The standard InChI is InChI=1S/C24H24F2N6O4/c1-12(2)21-31-32-22(36-21)14-8-28-20-18(14)17(4-5-27-20)35-19-15(25)6-13(7-16(19)26)30-23-29-9-24(3,10-33)11-34-23/h4-8,12,33H,9-11H2,1-3H3,(H,27,28)(H,29,30)/t24-/m1/s1. The molecule has 10 nitrogen and oxygen atoms in total. The molecule has 0 unspecified atom stereocenters. The third kappa shape index (κ3) is 4.47. The van der Waals surface area contributed by atoms with Gasteiger partial charge >= 0.3 is 0 Å². The van der Waals surface area contributed by atoms with E-state index in [4.69, 9.17) is 13.9 Å². The lowest BCUT2D eigenvalue weighted by Gasteiger charge is -2.30. The SMILES string of the molecule is CC(C)c1nnc(-c2c[nH]c3nccc(Oc4c(F)cc(NC5=NC[C@](C)(CO)CO5)cc4F)c23)o1. The van der Waals surface area contributed by atoms with E-state index >= 15 is 0 Å². The number of fused-ring (bicyclic) bond motifs is 1. The largest absolute Gasteiger partial charge is 0.464 e. The van der Waals surface area contributed by atoms with Crippen LogP contribution in [0.15, 0.2) is 40.0 Å². The average Bonchev–Trinajstić information content (AvgIpc) is 3.51. The van der Waals surface area contributed by atoms with Gasteiger partial charge in [0.15, 0.2) is 17.4 Å². The van der Waals surface area contributed by atoms with Gasteiger partial charge in [-0.15, -0.1) is 10.2 Å². The summed E-state index contributed by atoms with van der Waals surface area (Å²) in [5.74, 6) is -1.58. The van der Waals surface area contributed by atoms with Gasteiger partial charge in [0.2, 0.25) is 11.8 Å². The van der Waals surface area contributed by atoms with E-state index in [-0.39, 0.29) is 42.5 Å². The Kier molecular flexibility index (Phi) is 6.04. The third-order valence-electron chi connectivity index (χ3n) is 5.71. The van der Waals surface area contributed by atoms with Crippen LogP contribution < -0.4 is 10.1 Å². The number of nitrogens with one attached hydrogen (secondary N) is 2. The van der Waals surface area contributed by atoms with Crippen molar-refractivity contribution in [2.45, 2.75) is 26.7 Å². The van der Waals surface area contributed by atoms with Crippen LogP contribution in [0.2, 0.25) is 0 Å². The highest BCUT2D eigenvalue weighted by Crippen LogP contribution is 2.38. The number of aromatic nitrogens is 4. The second-order valence-corrected chi connectivity index (χ2v) is 9.21. The molecule has 3 N–H and O–H groups in total. The van der Waals surface area contributed by atoms with Crippen molar-refractivity contribution in [2.75, 3.05) is 25.1 Å². The molecule has 1 aromatic carbocycles. The third-order valence-corrected chi connectivity index (χ3v) is 5.71. The Hall–Kier alpha value is -4.06. The smallest absolute Gasteiger partial charge is 0.289 e. The molecule has 5 rings (SSSR count). The highest BCUT2D eigenvalue weighted by Gasteiger charge is 2.29. The average molecular weight is 498 g/mol. The Bertz CT molecular complexity index is 1430. The normalized spacial score (nSPS) is 17.8. The van der Waals surface area contributed by atoms with E-state index in [0.29, 0.717) is 29.0 Å². The van der Waals surface area contributed by atoms with Crippen molar-refractivity contribution < 1.29 is 27.8 Å². The molecular formula is C24H24F2N6O4. The molecule has 0 spiro atoms. The number of aliphatic imine (C=N–C) groups is 1. The molecule has 0 fully saturated rings. The number of pyridine rings is 1. The van der Waals surface area contributed by atoms with E-state index in [0.717, 1.165) is 12.1 Å². The fraction of sp³-hybridized carbons (Fsp3) is 0.333. The van der Waals surface area contributed by atoms with Gasteiger partial charge in [0.1, 0.15) is 18.0 Å². The summed E-state index contributed by atoms with van der Waals surface area (Å²) in [6.45, 7) is 6.12. The first kappa shape index (κ1) is 23.7. The topological polar surface area (TPSA) is 131 Å². The highest BCUT2D eigenvalue weighted by molar-refractivity contribution is 5.96. The maximum absolute atomic E-state index is 15.0. The number of aliphatic hydroxyl groups excluding tert-OH is 1. The lowest BCUT2D eigenvalue weighted by Crippen LogP contribution is -2.38. The molecule has 1 aliphatic rings.